The molecule has 2 fully saturated rings. The number of benzene rings is 1. The lowest BCUT2D eigenvalue weighted by atomic mass is 10.1. The predicted octanol–water partition coefficient (Wildman–Crippen LogP) is 3.85. The van der Waals surface area contributed by atoms with E-state index in [4.69, 9.17) is 11.6 Å². The predicted molar refractivity (Wildman–Crippen MR) is 107 cm³/mol. The summed E-state index contributed by atoms with van der Waals surface area (Å²) in [5.41, 5.74) is -0.732. The summed E-state index contributed by atoms with van der Waals surface area (Å²) in [5.74, 6) is 2.24. The zero-order valence-electron chi connectivity index (χ0n) is 14.7. The summed E-state index contributed by atoms with van der Waals surface area (Å²) in [6.45, 7) is 1.35. The summed E-state index contributed by atoms with van der Waals surface area (Å²) in [6.07, 6.45) is -2.04. The average molecular weight is 451 g/mol. The monoisotopic (exact) mass is 450 g/mol. The first-order valence-electron chi connectivity index (χ1n) is 8.57. The number of rotatable bonds is 3. The van der Waals surface area contributed by atoms with Gasteiger partial charge in [0, 0.05) is 36.4 Å². The fraction of sp³-hybridized carbons (Fsp3) is 0.444. The van der Waals surface area contributed by atoms with E-state index in [0.717, 1.165) is 23.6 Å². The summed E-state index contributed by atoms with van der Waals surface area (Å²) in [4.78, 5) is 28.6. The van der Waals surface area contributed by atoms with Crippen molar-refractivity contribution in [3.05, 3.63) is 40.4 Å². The molecule has 0 aromatic heterocycles. The van der Waals surface area contributed by atoms with E-state index in [1.54, 1.807) is 16.7 Å². The van der Waals surface area contributed by atoms with Crippen molar-refractivity contribution in [2.75, 3.05) is 36.2 Å². The van der Waals surface area contributed by atoms with Gasteiger partial charge in [0.05, 0.1) is 16.5 Å². The smallest absolute Gasteiger partial charge is 0.339 e. The third-order valence-corrected chi connectivity index (χ3v) is 6.77. The van der Waals surface area contributed by atoms with Crippen LogP contribution in [0.1, 0.15) is 11.1 Å². The summed E-state index contributed by atoms with van der Waals surface area (Å²) >= 11 is 8.90. The van der Waals surface area contributed by atoms with Crippen LogP contribution in [0, 0.1) is 0 Å². The Morgan fingerprint density at radius 1 is 1.18 bits per heavy atom. The van der Waals surface area contributed by atoms with Crippen LogP contribution >= 0.6 is 35.1 Å². The van der Waals surface area contributed by atoms with Gasteiger partial charge in [0.2, 0.25) is 11.8 Å². The van der Waals surface area contributed by atoms with Gasteiger partial charge in [0.1, 0.15) is 6.04 Å². The number of thioether (sulfide) groups is 2. The van der Waals surface area contributed by atoms with Crippen LogP contribution in [-0.4, -0.2) is 63.9 Å². The van der Waals surface area contributed by atoms with Crippen LogP contribution in [0.15, 0.2) is 24.3 Å². The van der Waals surface area contributed by atoms with Crippen LogP contribution in [0.25, 0.3) is 6.08 Å². The molecule has 2 heterocycles. The van der Waals surface area contributed by atoms with Gasteiger partial charge in [-0.25, -0.2) is 0 Å². The van der Waals surface area contributed by atoms with Crippen LogP contribution < -0.4 is 0 Å². The molecule has 1 atom stereocenters. The van der Waals surface area contributed by atoms with Gasteiger partial charge >= 0.3 is 6.18 Å². The lowest BCUT2D eigenvalue weighted by molar-refractivity contribution is -0.141. The van der Waals surface area contributed by atoms with Crippen LogP contribution in [0.4, 0.5) is 13.2 Å². The quantitative estimate of drug-likeness (QED) is 0.656. The molecule has 152 valence electrons. The fourth-order valence-corrected chi connectivity index (χ4v) is 5.27. The van der Waals surface area contributed by atoms with Gasteiger partial charge in [-0.1, -0.05) is 17.7 Å². The number of halogens is 4. The average Bonchev–Trinajstić information content (AvgIpc) is 3.16. The second kappa shape index (κ2) is 9.00. The van der Waals surface area contributed by atoms with E-state index in [9.17, 15) is 22.8 Å². The van der Waals surface area contributed by atoms with Crippen molar-refractivity contribution in [2.24, 2.45) is 0 Å². The number of carbonyl (C=O) groups excluding carboxylic acids is 2. The minimum Gasteiger partial charge on any atom is -0.339 e. The highest BCUT2D eigenvalue weighted by Gasteiger charge is 2.37. The van der Waals surface area contributed by atoms with Gasteiger partial charge in [-0.2, -0.15) is 24.9 Å². The van der Waals surface area contributed by atoms with Gasteiger partial charge in [0.25, 0.3) is 0 Å². The summed E-state index contributed by atoms with van der Waals surface area (Å²) in [6, 6.07) is 2.94. The first kappa shape index (κ1) is 21.4. The number of alkyl halides is 3. The second-order valence-electron chi connectivity index (χ2n) is 6.33. The molecule has 0 bridgehead atoms. The van der Waals surface area contributed by atoms with Crippen LogP contribution in [-0.2, 0) is 15.8 Å². The molecule has 3 rings (SSSR count). The molecular weight excluding hydrogens is 433 g/mol. The highest BCUT2D eigenvalue weighted by Crippen LogP contribution is 2.35. The maximum atomic E-state index is 13.0. The Hall–Kier alpha value is -1.32. The Morgan fingerprint density at radius 3 is 2.57 bits per heavy atom. The topological polar surface area (TPSA) is 40.6 Å². The highest BCUT2D eigenvalue weighted by atomic mass is 35.5. The SMILES string of the molecule is O=C(C1CSCN1C(=O)/C=C/c1ccc(Cl)c(C(F)(F)F)c1)N1CCSCC1. The lowest BCUT2D eigenvalue weighted by Crippen LogP contribution is -2.50. The standard InChI is InChI=1S/C18H18ClF3N2O2S2/c19-14-3-1-12(9-13(14)18(20,21)22)2-4-16(25)24-11-28-10-15(24)17(26)23-5-7-27-8-6-23/h1-4,9,15H,5-8,10-11H2/b4-2+. The Labute approximate surface area is 174 Å². The molecule has 28 heavy (non-hydrogen) atoms. The second-order valence-corrected chi connectivity index (χ2v) is 8.96. The zero-order chi connectivity index (χ0) is 20.3. The minimum atomic E-state index is -4.57. The van der Waals surface area contributed by atoms with Crippen LogP contribution in [0.2, 0.25) is 5.02 Å². The van der Waals surface area contributed by atoms with E-state index < -0.39 is 28.7 Å². The van der Waals surface area contributed by atoms with Crippen molar-refractivity contribution in [2.45, 2.75) is 12.2 Å². The normalized spacial score (nSPS) is 20.8. The van der Waals surface area contributed by atoms with Crippen molar-refractivity contribution >= 4 is 53.0 Å². The van der Waals surface area contributed by atoms with E-state index >= 15 is 0 Å². The molecule has 10 heteroatoms. The zero-order valence-corrected chi connectivity index (χ0v) is 17.1. The van der Waals surface area contributed by atoms with Gasteiger partial charge in [-0.15, -0.1) is 11.8 Å². The molecule has 2 saturated heterocycles. The third kappa shape index (κ3) is 4.99. The Morgan fingerprint density at radius 2 is 1.89 bits per heavy atom. The van der Waals surface area contributed by atoms with Crippen molar-refractivity contribution in [3.63, 3.8) is 0 Å². The molecule has 0 aliphatic carbocycles. The third-order valence-electron chi connectivity index (χ3n) is 4.49. The molecule has 2 aliphatic heterocycles. The number of carbonyl (C=O) groups is 2. The van der Waals surface area contributed by atoms with Crippen molar-refractivity contribution in [1.29, 1.82) is 0 Å². The molecule has 2 aliphatic rings. The Kier molecular flexibility index (Phi) is 6.88. The Bertz CT molecular complexity index is 783. The van der Waals surface area contributed by atoms with E-state index in [2.05, 4.69) is 0 Å². The largest absolute Gasteiger partial charge is 0.417 e. The van der Waals surface area contributed by atoms with E-state index in [0.29, 0.717) is 24.7 Å². The van der Waals surface area contributed by atoms with E-state index in [1.807, 2.05) is 0 Å². The lowest BCUT2D eigenvalue weighted by Gasteiger charge is -2.31. The van der Waals surface area contributed by atoms with Crippen LogP contribution in [0.5, 0.6) is 0 Å². The summed E-state index contributed by atoms with van der Waals surface area (Å²) in [5, 5.41) is -0.391. The molecule has 2 amide bonds. The maximum Gasteiger partial charge on any atom is 0.417 e. The van der Waals surface area contributed by atoms with Crippen molar-refractivity contribution in [1.82, 2.24) is 9.80 Å². The molecule has 1 unspecified atom stereocenters. The number of hydrogen-bond donors (Lipinski definition) is 0. The molecule has 1 aromatic rings. The number of amides is 2. The highest BCUT2D eigenvalue weighted by molar-refractivity contribution is 7.99. The molecule has 0 radical (unpaired) electrons. The minimum absolute atomic E-state index is 0.0575. The summed E-state index contributed by atoms with van der Waals surface area (Å²) in [7, 11) is 0. The number of nitrogens with zero attached hydrogens (tertiary/aromatic N) is 2. The van der Waals surface area contributed by atoms with Crippen LogP contribution in [0.3, 0.4) is 0 Å². The number of hydrogen-bond acceptors (Lipinski definition) is 4. The van der Waals surface area contributed by atoms with Gasteiger partial charge < -0.3 is 9.80 Å². The van der Waals surface area contributed by atoms with Gasteiger partial charge in [-0.3, -0.25) is 9.59 Å². The molecule has 4 nitrogen and oxygen atoms in total. The van der Waals surface area contributed by atoms with E-state index in [1.165, 1.54) is 34.9 Å². The molecule has 0 spiro atoms. The first-order valence-corrected chi connectivity index (χ1v) is 11.3. The molecule has 1 aromatic carbocycles. The molecule has 0 N–H and O–H groups in total. The van der Waals surface area contributed by atoms with Gasteiger partial charge in [0.15, 0.2) is 0 Å². The van der Waals surface area contributed by atoms with Crippen molar-refractivity contribution in [3.8, 4) is 0 Å². The Balaban J connectivity index is 1.70. The van der Waals surface area contributed by atoms with E-state index in [-0.39, 0.29) is 11.5 Å². The fourth-order valence-electron chi connectivity index (χ4n) is 2.99. The maximum absolute atomic E-state index is 13.0. The van der Waals surface area contributed by atoms with Gasteiger partial charge in [-0.05, 0) is 23.8 Å². The first-order chi connectivity index (χ1) is 13.3. The summed E-state index contributed by atoms with van der Waals surface area (Å²) < 4.78 is 38.9. The van der Waals surface area contributed by atoms with Crippen molar-refractivity contribution < 1.29 is 22.8 Å². The molecule has 0 saturated carbocycles. The molecular formula is C18H18ClF3N2O2S2.